The summed E-state index contributed by atoms with van der Waals surface area (Å²) in [5.41, 5.74) is 6.65. The number of aryl methyl sites for hydroxylation is 2. The zero-order chi connectivity index (χ0) is 63.4. The van der Waals surface area contributed by atoms with Crippen LogP contribution < -0.4 is 0 Å². The molecule has 10 rings (SSSR count). The normalized spacial score (nSPS) is 10.5. The Bertz CT molecular complexity index is 3420. The minimum absolute atomic E-state index is 0. The van der Waals surface area contributed by atoms with E-state index in [1.54, 1.807) is 0 Å². The predicted octanol–water partition coefficient (Wildman–Crippen LogP) is 15.2. The monoisotopic (exact) mass is 1570 g/mol. The van der Waals surface area contributed by atoms with Crippen LogP contribution in [0.15, 0.2) is 176 Å². The van der Waals surface area contributed by atoms with E-state index in [1.807, 2.05) is 172 Å². The van der Waals surface area contributed by atoms with Crippen LogP contribution in [-0.2, 0) is 50.3 Å². The van der Waals surface area contributed by atoms with Gasteiger partial charge < -0.3 is 20.2 Å². The number of aliphatic hydroxyl groups is 2. The van der Waals surface area contributed by atoms with Gasteiger partial charge in [0.15, 0.2) is 11.6 Å². The first kappa shape index (κ1) is 76.6. The number of hydrogen-bond donors (Lipinski definition) is 3. The van der Waals surface area contributed by atoms with Crippen molar-refractivity contribution in [2.45, 2.75) is 98.4 Å². The third-order valence-corrected chi connectivity index (χ3v) is 12.2. The van der Waals surface area contributed by atoms with E-state index in [2.05, 4.69) is 143 Å². The van der Waals surface area contributed by atoms with Gasteiger partial charge in [-0.2, -0.15) is 64.1 Å². The Morgan fingerprint density at radius 2 is 0.795 bits per heavy atom. The minimum Gasteiger partial charge on any atom is -0.400 e. The summed E-state index contributed by atoms with van der Waals surface area (Å²) >= 11 is 0. The number of aromatic nitrogens is 9. The molecule has 0 saturated carbocycles. The number of rotatable bonds is 10. The summed E-state index contributed by atoms with van der Waals surface area (Å²) in [6.45, 7) is 20.8. The van der Waals surface area contributed by atoms with Gasteiger partial charge in [0.25, 0.3) is 0 Å². The number of halogens is 3. The standard InChI is InChI=1S/C20H22N4.C20H21N4.C13H10.C12H10N.CHF3O3S.2CH4O.2Ir/c2*1-13(2)18-22-19(14(3)4)24-20(23-18)16-10-11-17(21-12-16)15-8-6-5-7-9-15;1-11-6-5-9-13(10-11)12-7-3-2-4-8-12;1-10-6-5-9-12(13-10)11-7-3-2-4-8-11;2-1(3,4)8(5,6)7;2*1-2;;/h5-14H,1-4H3;5-8,10-14H,1-4H3;2*2-7,9H,1H3;(H,5,6,7);2*2H,1H3;;/q;-1;-2;-1;;;;;+3. The van der Waals surface area contributed by atoms with Gasteiger partial charge in [0.05, 0.1) is 5.69 Å². The van der Waals surface area contributed by atoms with Gasteiger partial charge in [-0.05, 0) is 36.5 Å². The zero-order valence-electron chi connectivity index (χ0n) is 50.9. The molecule has 0 aliphatic heterocycles. The number of benzene rings is 5. The number of nitrogens with zero attached hydrogens (tertiary/aromatic N) is 9. The van der Waals surface area contributed by atoms with Gasteiger partial charge in [-0.1, -0.05) is 117 Å². The fourth-order valence-corrected chi connectivity index (χ4v) is 7.20. The average Bonchev–Trinajstić information content (AvgIpc) is 3.46. The summed E-state index contributed by atoms with van der Waals surface area (Å²) < 4.78 is 57.5. The summed E-state index contributed by atoms with van der Waals surface area (Å²) in [6, 6.07) is 66.8. The largest absolute Gasteiger partial charge is 3.00 e. The first-order valence-electron chi connectivity index (χ1n) is 27.3. The zero-order valence-corrected chi connectivity index (χ0v) is 56.6. The first-order valence-corrected chi connectivity index (χ1v) is 28.8. The molecule has 14 nitrogen and oxygen atoms in total. The molecule has 0 fully saturated rings. The number of pyridine rings is 3. The Balaban J connectivity index is 0.000000385. The van der Waals surface area contributed by atoms with Gasteiger partial charge in [-0.25, -0.2) is 41.0 Å². The van der Waals surface area contributed by atoms with Gasteiger partial charge in [-0.15, -0.1) is 89.5 Å². The van der Waals surface area contributed by atoms with E-state index in [1.165, 1.54) is 0 Å². The fourth-order valence-electron chi connectivity index (χ4n) is 7.20. The van der Waals surface area contributed by atoms with Crippen molar-refractivity contribution in [3.8, 4) is 67.7 Å². The van der Waals surface area contributed by atoms with Crippen molar-refractivity contribution < 1.29 is 76.6 Å². The van der Waals surface area contributed by atoms with Gasteiger partial charge in [0.2, 0.25) is 0 Å². The third kappa shape index (κ3) is 24.9. The topological polar surface area (TPSA) is 211 Å². The Morgan fingerprint density at radius 1 is 0.420 bits per heavy atom. The molecule has 5 aromatic carbocycles. The molecule has 0 aliphatic carbocycles. The Hall–Kier alpha value is -7.51. The van der Waals surface area contributed by atoms with Crippen molar-refractivity contribution in [1.29, 1.82) is 0 Å². The predicted molar refractivity (Wildman–Crippen MR) is 334 cm³/mol. The van der Waals surface area contributed by atoms with Crippen LogP contribution in [0.2, 0.25) is 0 Å². The SMILES string of the molecule is CC(C)c1nc(-c2ccc(-c3[c-]cccc3)nc2)nc(C(C)C)n1.CC(C)c1nc(-c2ccc(-c3ccccc3)nc2)nc(C(C)C)n1.CO.CO.Cc1[c-]c(-c2[c-]cccc2)ccc1.Cc1cccc(-c2[c-]cccc2)n1.O=S(=O)(O)C(F)(F)F.[Ir+3].[Ir]. The summed E-state index contributed by atoms with van der Waals surface area (Å²) in [5, 5.41) is 14.0. The van der Waals surface area contributed by atoms with Crippen molar-refractivity contribution in [2.75, 3.05) is 14.2 Å². The molecule has 1 radical (unpaired) electrons. The third-order valence-electron chi connectivity index (χ3n) is 11.6. The molecule has 0 saturated heterocycles. The van der Waals surface area contributed by atoms with Gasteiger partial charge >= 0.3 is 35.7 Å². The molecule has 5 heterocycles. The maximum absolute atomic E-state index is 10.7. The molecule has 0 amide bonds. The van der Waals surface area contributed by atoms with Crippen LogP contribution in [0.5, 0.6) is 0 Å². The van der Waals surface area contributed by atoms with Crippen LogP contribution in [0.1, 0.15) is 114 Å². The summed E-state index contributed by atoms with van der Waals surface area (Å²) in [6.07, 6.45) is 3.66. The summed E-state index contributed by atoms with van der Waals surface area (Å²) in [5.74, 6) is 5.74. The molecule has 20 heteroatoms. The van der Waals surface area contributed by atoms with Crippen molar-refractivity contribution in [1.82, 2.24) is 44.9 Å². The minimum atomic E-state index is -5.84. The molecule has 10 aromatic rings. The van der Waals surface area contributed by atoms with E-state index in [0.717, 1.165) is 105 Å². The van der Waals surface area contributed by atoms with Crippen molar-refractivity contribution in [3.63, 3.8) is 0 Å². The smallest absolute Gasteiger partial charge is 0.400 e. The van der Waals surface area contributed by atoms with Gasteiger partial charge in [-0.3, -0.25) is 9.54 Å². The molecule has 3 N–H and O–H groups in total. The molecule has 0 bridgehead atoms. The Kier molecular flexibility index (Phi) is 33.7. The molecule has 0 spiro atoms. The molecular formula is C68H72F3Ir2N9O5S-. The van der Waals surface area contributed by atoms with Crippen LogP contribution in [0, 0.1) is 38.1 Å². The van der Waals surface area contributed by atoms with E-state index < -0.39 is 15.6 Å². The Morgan fingerprint density at radius 3 is 1.15 bits per heavy atom. The maximum atomic E-state index is 10.7. The van der Waals surface area contributed by atoms with E-state index in [0.29, 0.717) is 11.6 Å². The number of hydrogen-bond acceptors (Lipinski definition) is 13. The summed E-state index contributed by atoms with van der Waals surface area (Å²) in [4.78, 5) is 41.2. The molecule has 465 valence electrons. The second-order valence-electron chi connectivity index (χ2n) is 19.8. The molecular weight excluding hydrogens is 1500 g/mol. The van der Waals surface area contributed by atoms with Crippen molar-refractivity contribution in [2.24, 2.45) is 0 Å². The molecule has 88 heavy (non-hydrogen) atoms. The maximum Gasteiger partial charge on any atom is 3.00 e. The number of alkyl halides is 3. The van der Waals surface area contributed by atoms with Gasteiger partial charge in [0.1, 0.15) is 23.3 Å². The molecule has 0 unspecified atom stereocenters. The van der Waals surface area contributed by atoms with E-state index in [9.17, 15) is 13.2 Å². The quantitative estimate of drug-likeness (QED) is 0.0661. The van der Waals surface area contributed by atoms with Crippen LogP contribution in [0.25, 0.3) is 67.7 Å². The van der Waals surface area contributed by atoms with Crippen molar-refractivity contribution in [3.05, 3.63) is 235 Å². The van der Waals surface area contributed by atoms with Gasteiger partial charge in [0, 0.05) is 92.8 Å². The first-order chi connectivity index (χ1) is 41.1. The van der Waals surface area contributed by atoms with E-state index in [-0.39, 0.29) is 63.9 Å². The molecule has 0 atom stereocenters. The molecule has 0 aliphatic rings. The van der Waals surface area contributed by atoms with E-state index >= 15 is 0 Å². The summed E-state index contributed by atoms with van der Waals surface area (Å²) in [7, 11) is -3.84. The van der Waals surface area contributed by atoms with Crippen LogP contribution in [0.4, 0.5) is 13.2 Å². The van der Waals surface area contributed by atoms with Crippen LogP contribution >= 0.6 is 0 Å². The van der Waals surface area contributed by atoms with E-state index in [4.69, 9.17) is 23.2 Å². The average molecular weight is 1570 g/mol. The second kappa shape index (κ2) is 38.7. The second-order valence-corrected chi connectivity index (χ2v) is 21.2. The fraction of sp³-hybridized carbons (Fsp3) is 0.250. The van der Waals surface area contributed by atoms with Crippen LogP contribution in [0.3, 0.4) is 0 Å². The number of aliphatic hydroxyl groups excluding tert-OH is 2. The van der Waals surface area contributed by atoms with Crippen LogP contribution in [-0.4, -0.2) is 87.8 Å². The van der Waals surface area contributed by atoms with Crippen molar-refractivity contribution >= 4 is 10.1 Å². The molecule has 5 aromatic heterocycles. The Labute approximate surface area is 543 Å².